The van der Waals surface area contributed by atoms with Crippen molar-refractivity contribution >= 4 is 34.2 Å². The Hall–Kier alpha value is -3.82. The van der Waals surface area contributed by atoms with Crippen molar-refractivity contribution in [3.8, 4) is 5.75 Å². The highest BCUT2D eigenvalue weighted by Gasteiger charge is 2.65. The number of pyridine rings is 1. The van der Waals surface area contributed by atoms with Gasteiger partial charge in [-0.05, 0) is 86.2 Å². The highest BCUT2D eigenvalue weighted by Crippen LogP contribution is 2.50. The predicted octanol–water partition coefficient (Wildman–Crippen LogP) is 5.63. The molecule has 3 heterocycles. The number of hydrogen-bond acceptors (Lipinski definition) is 5. The number of aromatic nitrogens is 1. The van der Waals surface area contributed by atoms with Crippen molar-refractivity contribution in [3.05, 3.63) is 60.3 Å². The van der Waals surface area contributed by atoms with Gasteiger partial charge in [-0.2, -0.15) is 0 Å². The fourth-order valence-corrected chi connectivity index (χ4v) is 5.41. The lowest BCUT2D eigenvalue weighted by molar-refractivity contribution is -0.274. The molecule has 0 N–H and O–H groups in total. The lowest BCUT2D eigenvalue weighted by atomic mass is 10.0. The Morgan fingerprint density at radius 3 is 2.30 bits per heavy atom. The molecule has 3 amide bonds. The van der Waals surface area contributed by atoms with E-state index in [1.165, 1.54) is 18.6 Å². The monoisotopic (exact) mass is 510 g/mol. The van der Waals surface area contributed by atoms with Crippen LogP contribution in [0.15, 0.2) is 54.7 Å². The van der Waals surface area contributed by atoms with E-state index in [0.29, 0.717) is 12.8 Å². The molecule has 1 saturated carbocycles. The Morgan fingerprint density at radius 2 is 1.62 bits per heavy atom. The number of carbonyl (C=O) groups is 2. The zero-order valence-electron chi connectivity index (χ0n) is 20.0. The molecule has 0 unspecified atom stereocenters. The molecule has 2 saturated heterocycles. The van der Waals surface area contributed by atoms with Crippen LogP contribution in [-0.4, -0.2) is 46.8 Å². The Labute approximate surface area is 211 Å². The molecule has 2 aromatic carbocycles. The average Bonchev–Trinajstić information content (AvgIpc) is 3.66. The van der Waals surface area contributed by atoms with Crippen LogP contribution in [0.2, 0.25) is 0 Å². The normalized spacial score (nSPS) is 19.3. The smallest absolute Gasteiger partial charge is 0.406 e. The van der Waals surface area contributed by atoms with E-state index in [9.17, 15) is 22.8 Å². The van der Waals surface area contributed by atoms with Crippen molar-refractivity contribution < 1.29 is 27.5 Å². The third-order valence-electron chi connectivity index (χ3n) is 7.46. The second-order valence-corrected chi connectivity index (χ2v) is 9.80. The van der Waals surface area contributed by atoms with E-state index in [-0.39, 0.29) is 18.1 Å². The topological polar surface area (TPSA) is 66.0 Å². The molecule has 10 heteroatoms. The Morgan fingerprint density at radius 1 is 0.919 bits per heavy atom. The first kappa shape index (κ1) is 23.6. The van der Waals surface area contributed by atoms with Gasteiger partial charge in [-0.15, -0.1) is 13.2 Å². The summed E-state index contributed by atoms with van der Waals surface area (Å²) in [5.74, 6) is -0.768. The number of piperidine rings is 1. The molecule has 0 bridgehead atoms. The third-order valence-corrected chi connectivity index (χ3v) is 7.46. The van der Waals surface area contributed by atoms with Crippen LogP contribution >= 0.6 is 0 Å². The maximum absolute atomic E-state index is 13.5. The van der Waals surface area contributed by atoms with E-state index in [4.69, 9.17) is 0 Å². The zero-order chi connectivity index (χ0) is 25.8. The number of benzene rings is 2. The van der Waals surface area contributed by atoms with Crippen molar-refractivity contribution in [2.24, 2.45) is 0 Å². The second kappa shape index (κ2) is 8.64. The Bertz CT molecular complexity index is 1370. The van der Waals surface area contributed by atoms with Crippen molar-refractivity contribution in [3.63, 3.8) is 0 Å². The number of hydrogen-bond donors (Lipinski definition) is 0. The summed E-state index contributed by atoms with van der Waals surface area (Å²) in [6.45, 7) is 2.25. The molecular formula is C27H25F3N4O3. The van der Waals surface area contributed by atoms with Gasteiger partial charge in [0.15, 0.2) is 0 Å². The van der Waals surface area contributed by atoms with Crippen molar-refractivity contribution in [2.45, 2.75) is 50.6 Å². The first-order valence-electron chi connectivity index (χ1n) is 12.4. The largest absolute Gasteiger partial charge is 0.573 e. The van der Waals surface area contributed by atoms with Gasteiger partial charge in [0.1, 0.15) is 11.3 Å². The van der Waals surface area contributed by atoms with Crippen LogP contribution in [0, 0.1) is 0 Å². The van der Waals surface area contributed by atoms with Crippen LogP contribution < -0.4 is 14.5 Å². The quantitative estimate of drug-likeness (QED) is 0.417. The number of anilines is 2. The molecule has 3 fully saturated rings. The van der Waals surface area contributed by atoms with Gasteiger partial charge in [-0.25, -0.2) is 9.69 Å². The summed E-state index contributed by atoms with van der Waals surface area (Å²) in [4.78, 5) is 36.4. The highest BCUT2D eigenvalue weighted by molar-refractivity contribution is 6.24. The maximum atomic E-state index is 13.5. The molecule has 7 nitrogen and oxygen atoms in total. The number of fused-ring (bicyclic) bond motifs is 1. The summed E-state index contributed by atoms with van der Waals surface area (Å²) < 4.78 is 41.5. The van der Waals surface area contributed by atoms with Crippen molar-refractivity contribution in [2.75, 3.05) is 22.9 Å². The number of alkyl halides is 3. The summed E-state index contributed by atoms with van der Waals surface area (Å²) >= 11 is 0. The molecule has 0 radical (unpaired) electrons. The molecule has 1 spiro atoms. The molecule has 3 aromatic rings. The number of nitrogens with zero attached hydrogens (tertiary/aromatic N) is 4. The molecule has 192 valence electrons. The van der Waals surface area contributed by atoms with Crippen molar-refractivity contribution in [1.82, 2.24) is 9.88 Å². The SMILES string of the molecule is O=C1N(c2ccc(OC(F)(F)F)cc2)C(=O)C2(CC2)N1Cc1ccnc2ccc(N3CCCCC3)cc12. The van der Waals surface area contributed by atoms with Gasteiger partial charge in [0.2, 0.25) is 0 Å². The predicted molar refractivity (Wildman–Crippen MR) is 131 cm³/mol. The van der Waals surface area contributed by atoms with E-state index in [2.05, 4.69) is 26.8 Å². The van der Waals surface area contributed by atoms with Crippen LogP contribution in [0.1, 0.15) is 37.7 Å². The maximum Gasteiger partial charge on any atom is 0.573 e. The number of carbonyl (C=O) groups excluding carboxylic acids is 2. The van der Waals surface area contributed by atoms with E-state index in [1.807, 2.05) is 12.1 Å². The van der Waals surface area contributed by atoms with Crippen LogP contribution in [0.25, 0.3) is 10.9 Å². The minimum Gasteiger partial charge on any atom is -0.406 e. The minimum atomic E-state index is -4.82. The molecule has 2 aliphatic heterocycles. The molecule has 0 atom stereocenters. The van der Waals surface area contributed by atoms with Crippen molar-refractivity contribution in [1.29, 1.82) is 0 Å². The molecule has 3 aliphatic rings. The Kier molecular flexibility index (Phi) is 5.50. The fourth-order valence-electron chi connectivity index (χ4n) is 5.41. The number of imide groups is 1. The number of urea groups is 1. The van der Waals surface area contributed by atoms with Gasteiger partial charge in [-0.1, -0.05) is 0 Å². The van der Waals surface area contributed by atoms with E-state index >= 15 is 0 Å². The number of amides is 3. The lowest BCUT2D eigenvalue weighted by Gasteiger charge is -2.29. The molecule has 1 aromatic heterocycles. The average molecular weight is 511 g/mol. The van der Waals surface area contributed by atoms with E-state index in [1.54, 1.807) is 11.1 Å². The molecule has 1 aliphatic carbocycles. The number of rotatable bonds is 5. The van der Waals surface area contributed by atoms with E-state index in [0.717, 1.165) is 65.1 Å². The summed E-state index contributed by atoms with van der Waals surface area (Å²) in [5.41, 5.74) is 2.13. The second-order valence-electron chi connectivity index (χ2n) is 9.80. The molecule has 6 rings (SSSR count). The van der Waals surface area contributed by atoms with Gasteiger partial charge in [0.25, 0.3) is 5.91 Å². The molecular weight excluding hydrogens is 485 g/mol. The summed E-state index contributed by atoms with van der Waals surface area (Å²) in [5, 5.41) is 0.939. The van der Waals surface area contributed by atoms with Crippen LogP contribution in [0.5, 0.6) is 5.75 Å². The van der Waals surface area contributed by atoms with Crippen LogP contribution in [0.4, 0.5) is 29.3 Å². The third kappa shape index (κ3) is 4.24. The zero-order valence-corrected chi connectivity index (χ0v) is 20.0. The lowest BCUT2D eigenvalue weighted by Crippen LogP contribution is -2.36. The summed E-state index contributed by atoms with van der Waals surface area (Å²) in [6.07, 6.45) is 1.53. The fraction of sp³-hybridized carbons (Fsp3) is 0.370. The van der Waals surface area contributed by atoms with Gasteiger partial charge in [-0.3, -0.25) is 9.78 Å². The van der Waals surface area contributed by atoms with E-state index < -0.39 is 23.7 Å². The summed E-state index contributed by atoms with van der Waals surface area (Å²) in [6, 6.07) is 12.4. The van der Waals surface area contributed by atoms with Gasteiger partial charge in [0.05, 0.1) is 11.2 Å². The Balaban J connectivity index is 1.29. The van der Waals surface area contributed by atoms with Gasteiger partial charge in [0, 0.05) is 36.9 Å². The number of ether oxygens (including phenoxy) is 1. The molecule has 37 heavy (non-hydrogen) atoms. The van der Waals surface area contributed by atoms with Crippen LogP contribution in [-0.2, 0) is 11.3 Å². The minimum absolute atomic E-state index is 0.213. The first-order valence-corrected chi connectivity index (χ1v) is 12.4. The van der Waals surface area contributed by atoms with Gasteiger partial charge >= 0.3 is 12.4 Å². The van der Waals surface area contributed by atoms with Crippen LogP contribution in [0.3, 0.4) is 0 Å². The standard InChI is InChI=1S/C27H25F3N4O3/c28-27(29,30)37-21-7-4-19(5-8-21)34-24(35)26(11-12-26)33(25(34)36)17-18-10-13-31-23-9-6-20(16-22(18)23)32-14-2-1-3-15-32/h4-10,13,16H,1-3,11-12,14-15,17H2. The summed E-state index contributed by atoms with van der Waals surface area (Å²) in [7, 11) is 0. The highest BCUT2D eigenvalue weighted by atomic mass is 19.4. The first-order chi connectivity index (χ1) is 17.7. The van der Waals surface area contributed by atoms with Gasteiger partial charge < -0.3 is 14.5 Å². The number of halogens is 3.